The van der Waals surface area contributed by atoms with Gasteiger partial charge in [-0.1, -0.05) is 29.8 Å². The van der Waals surface area contributed by atoms with Gasteiger partial charge in [0.15, 0.2) is 6.23 Å². The number of nitrogens with zero attached hydrogens (tertiary/aromatic N) is 3. The van der Waals surface area contributed by atoms with Crippen molar-refractivity contribution in [1.29, 1.82) is 0 Å². The molecule has 0 radical (unpaired) electrons. The fourth-order valence-electron chi connectivity index (χ4n) is 3.53. The summed E-state index contributed by atoms with van der Waals surface area (Å²) in [5, 5.41) is 31.6. The zero-order valence-corrected chi connectivity index (χ0v) is 19.3. The molecule has 3 aromatic rings. The van der Waals surface area contributed by atoms with Crippen LogP contribution in [-0.2, 0) is 0 Å². The molecule has 1 aromatic heterocycles. The molecule has 0 fully saturated rings. The van der Waals surface area contributed by atoms with Crippen LogP contribution in [0.5, 0.6) is 5.75 Å². The Morgan fingerprint density at radius 1 is 1.20 bits per heavy atom. The summed E-state index contributed by atoms with van der Waals surface area (Å²) in [6.45, 7) is 2.14. The molecule has 0 aliphatic carbocycles. The summed E-state index contributed by atoms with van der Waals surface area (Å²) >= 11 is 6.06. The van der Waals surface area contributed by atoms with Gasteiger partial charge in [0.05, 0.1) is 34.0 Å². The van der Waals surface area contributed by atoms with E-state index in [9.17, 15) is 19.4 Å². The number of phenolic OH excluding ortho intramolecular Hbond substituents is 1. The van der Waals surface area contributed by atoms with Gasteiger partial charge in [0, 0.05) is 23.9 Å². The molecule has 1 atom stereocenters. The second-order valence-corrected chi connectivity index (χ2v) is 8.03. The lowest BCUT2D eigenvalue weighted by Crippen LogP contribution is -2.43. The lowest BCUT2D eigenvalue weighted by Gasteiger charge is -2.30. The minimum atomic E-state index is -1.22. The number of pyridine rings is 1. The number of anilines is 2. The molecular weight excluding hydrogens is 475 g/mol. The van der Waals surface area contributed by atoms with E-state index in [0.717, 1.165) is 0 Å². The Hall–Kier alpha value is -4.15. The number of hydrazone groups is 1. The molecule has 0 saturated carbocycles. The van der Waals surface area contributed by atoms with E-state index in [2.05, 4.69) is 20.7 Å². The lowest BCUT2D eigenvalue weighted by molar-refractivity contribution is 0.0324. The summed E-state index contributed by atoms with van der Waals surface area (Å²) in [6.07, 6.45) is 2.99. The Kier molecular flexibility index (Phi) is 6.85. The molecule has 2 aromatic carbocycles. The van der Waals surface area contributed by atoms with Crippen LogP contribution in [0, 0.1) is 5.82 Å². The van der Waals surface area contributed by atoms with Crippen molar-refractivity contribution in [2.24, 2.45) is 5.10 Å². The zero-order chi connectivity index (χ0) is 25.1. The van der Waals surface area contributed by atoms with Crippen molar-refractivity contribution >= 4 is 34.7 Å². The number of likely N-dealkylation sites (N-methyl/N-ethyl adjacent to an activating group) is 1. The number of halogens is 2. The van der Waals surface area contributed by atoms with E-state index in [0.29, 0.717) is 23.4 Å². The van der Waals surface area contributed by atoms with Gasteiger partial charge in [-0.25, -0.2) is 9.18 Å². The van der Waals surface area contributed by atoms with Crippen LogP contribution in [0.15, 0.2) is 71.7 Å². The third-order valence-electron chi connectivity index (χ3n) is 5.26. The Labute approximate surface area is 205 Å². The number of nitrogen functional groups attached to an aromatic ring is 1. The number of benzene rings is 2. The molecule has 6 N–H and O–H groups in total. The number of aromatic nitrogens is 1. The maximum Gasteiger partial charge on any atom is 0.323 e. The number of amides is 2. The van der Waals surface area contributed by atoms with Gasteiger partial charge < -0.3 is 26.6 Å². The third kappa shape index (κ3) is 5.18. The van der Waals surface area contributed by atoms with Gasteiger partial charge in [-0.05, 0) is 42.8 Å². The smallest absolute Gasteiger partial charge is 0.323 e. The number of carbonyl (C=O) groups is 1. The summed E-state index contributed by atoms with van der Waals surface area (Å²) in [5.74, 6) is -0.547. The second kappa shape index (κ2) is 10.00. The SMILES string of the molecule is CCN1N=C(c2cccc(-c3cc(O)ccc3F)c2)C=C(NC(=O)Nc2c(N)cncc2Cl)C1O. The first-order valence-corrected chi connectivity index (χ1v) is 11.0. The highest BCUT2D eigenvalue weighted by molar-refractivity contribution is 6.34. The Bertz CT molecular complexity index is 1330. The van der Waals surface area contributed by atoms with Crippen molar-refractivity contribution in [3.63, 3.8) is 0 Å². The monoisotopic (exact) mass is 496 g/mol. The number of urea groups is 1. The second-order valence-electron chi connectivity index (χ2n) is 7.62. The quantitative estimate of drug-likeness (QED) is 0.363. The summed E-state index contributed by atoms with van der Waals surface area (Å²) in [7, 11) is 0. The van der Waals surface area contributed by atoms with E-state index in [4.69, 9.17) is 17.3 Å². The van der Waals surface area contributed by atoms with Crippen molar-refractivity contribution in [3.05, 3.63) is 83.0 Å². The summed E-state index contributed by atoms with van der Waals surface area (Å²) in [4.78, 5) is 16.5. The number of allylic oxidation sites excluding steroid dienone is 1. The molecule has 1 aliphatic heterocycles. The van der Waals surface area contributed by atoms with E-state index < -0.39 is 18.1 Å². The van der Waals surface area contributed by atoms with Crippen molar-refractivity contribution in [3.8, 4) is 16.9 Å². The average Bonchev–Trinajstić information content (AvgIpc) is 2.84. The van der Waals surface area contributed by atoms with Gasteiger partial charge in [0.1, 0.15) is 11.6 Å². The number of hydrogen-bond donors (Lipinski definition) is 5. The first-order valence-electron chi connectivity index (χ1n) is 10.6. The fraction of sp³-hybridized carbons (Fsp3) is 0.125. The third-order valence-corrected chi connectivity index (χ3v) is 5.54. The number of phenols is 1. The minimum Gasteiger partial charge on any atom is -0.508 e. The highest BCUT2D eigenvalue weighted by atomic mass is 35.5. The molecule has 9 nitrogen and oxygen atoms in total. The number of aliphatic hydroxyl groups is 1. The van der Waals surface area contributed by atoms with E-state index in [1.807, 2.05) is 0 Å². The standard InChI is InChI=1S/C24H22ClFN6O3/c1-2-32-23(34)21(29-24(35)30-22-17(25)11-28-12-19(22)27)10-20(31-32)14-5-3-4-13(8-14)16-9-15(33)6-7-18(16)26/h3-12,23,33-34H,2,27H2,1H3,(H2,28,29,30,35). The Morgan fingerprint density at radius 2 is 1.97 bits per heavy atom. The first kappa shape index (κ1) is 24.0. The van der Waals surface area contributed by atoms with E-state index in [-0.39, 0.29) is 33.4 Å². The van der Waals surface area contributed by atoms with Gasteiger partial charge in [0.25, 0.3) is 0 Å². The van der Waals surface area contributed by atoms with Crippen molar-refractivity contribution in [2.75, 3.05) is 17.6 Å². The number of aromatic hydroxyl groups is 1. The highest BCUT2D eigenvalue weighted by Gasteiger charge is 2.25. The highest BCUT2D eigenvalue weighted by Crippen LogP contribution is 2.29. The minimum absolute atomic E-state index is 0.0607. The van der Waals surface area contributed by atoms with Crippen LogP contribution in [-0.4, -0.2) is 44.7 Å². The zero-order valence-electron chi connectivity index (χ0n) is 18.5. The van der Waals surface area contributed by atoms with Crippen LogP contribution in [0.25, 0.3) is 11.1 Å². The average molecular weight is 497 g/mol. The first-order chi connectivity index (χ1) is 16.8. The Morgan fingerprint density at radius 3 is 2.71 bits per heavy atom. The molecular formula is C24H22ClFN6O3. The molecule has 11 heteroatoms. The molecule has 35 heavy (non-hydrogen) atoms. The van der Waals surface area contributed by atoms with Crippen LogP contribution < -0.4 is 16.4 Å². The number of nitrogens with one attached hydrogen (secondary N) is 2. The molecule has 0 spiro atoms. The predicted octanol–water partition coefficient (Wildman–Crippen LogP) is 3.89. The van der Waals surface area contributed by atoms with Crippen LogP contribution in [0.1, 0.15) is 12.5 Å². The van der Waals surface area contributed by atoms with Crippen LogP contribution in [0.2, 0.25) is 5.02 Å². The lowest BCUT2D eigenvalue weighted by atomic mass is 9.99. The maximum absolute atomic E-state index is 14.4. The van der Waals surface area contributed by atoms with Crippen LogP contribution in [0.4, 0.5) is 20.6 Å². The van der Waals surface area contributed by atoms with E-state index >= 15 is 0 Å². The predicted molar refractivity (Wildman–Crippen MR) is 132 cm³/mol. The summed E-state index contributed by atoms with van der Waals surface area (Å²) < 4.78 is 14.4. The summed E-state index contributed by atoms with van der Waals surface area (Å²) in [5.41, 5.74) is 8.14. The van der Waals surface area contributed by atoms with Gasteiger partial charge >= 0.3 is 6.03 Å². The molecule has 1 unspecified atom stereocenters. The van der Waals surface area contributed by atoms with Gasteiger partial charge in [-0.2, -0.15) is 5.10 Å². The van der Waals surface area contributed by atoms with Gasteiger partial charge in [-0.15, -0.1) is 0 Å². The molecule has 2 heterocycles. The van der Waals surface area contributed by atoms with Crippen LogP contribution in [0.3, 0.4) is 0 Å². The van der Waals surface area contributed by atoms with Crippen molar-refractivity contribution in [1.82, 2.24) is 15.3 Å². The number of nitrogens with two attached hydrogens (primary N) is 1. The normalized spacial score (nSPS) is 15.3. The van der Waals surface area contributed by atoms with E-state index in [1.54, 1.807) is 31.2 Å². The number of carbonyl (C=O) groups excluding carboxylic acids is 1. The largest absolute Gasteiger partial charge is 0.508 e. The summed E-state index contributed by atoms with van der Waals surface area (Å²) in [6, 6.07) is 10.0. The number of aliphatic hydroxyl groups excluding tert-OH is 1. The molecule has 4 rings (SSSR count). The van der Waals surface area contributed by atoms with Crippen molar-refractivity contribution < 1.29 is 19.4 Å². The fourth-order valence-corrected chi connectivity index (χ4v) is 3.74. The number of rotatable bonds is 5. The van der Waals surface area contributed by atoms with E-state index in [1.165, 1.54) is 41.7 Å². The topological polar surface area (TPSA) is 136 Å². The molecule has 0 saturated heterocycles. The maximum atomic E-state index is 14.4. The van der Waals surface area contributed by atoms with Gasteiger partial charge in [0.2, 0.25) is 0 Å². The van der Waals surface area contributed by atoms with Crippen LogP contribution >= 0.6 is 11.6 Å². The number of hydrogen-bond acceptors (Lipinski definition) is 7. The Balaban J connectivity index is 1.64. The van der Waals surface area contributed by atoms with Crippen molar-refractivity contribution in [2.45, 2.75) is 13.2 Å². The van der Waals surface area contributed by atoms with Gasteiger partial charge in [-0.3, -0.25) is 9.99 Å². The molecule has 180 valence electrons. The molecule has 1 aliphatic rings. The molecule has 0 bridgehead atoms. The molecule has 2 amide bonds.